The number of aryl methyl sites for hydroxylation is 1. The van der Waals surface area contributed by atoms with Gasteiger partial charge in [-0.15, -0.1) is 11.3 Å². The summed E-state index contributed by atoms with van der Waals surface area (Å²) in [5.41, 5.74) is 2.37. The van der Waals surface area contributed by atoms with Crippen LogP contribution in [0.3, 0.4) is 0 Å². The normalized spacial score (nSPS) is 15.6. The number of hydrogen-bond donors (Lipinski definition) is 0. The minimum absolute atomic E-state index is 0.0302. The molecule has 1 aliphatic rings. The van der Waals surface area contributed by atoms with Crippen LogP contribution in [-0.2, 0) is 15.8 Å². The zero-order valence-corrected chi connectivity index (χ0v) is 16.4. The fourth-order valence-corrected chi connectivity index (χ4v) is 5.31. The Bertz CT molecular complexity index is 1100. The molecule has 1 fully saturated rings. The third kappa shape index (κ3) is 3.73. The second-order valence-corrected chi connectivity index (χ2v) is 9.61. The molecule has 1 aromatic carbocycles. The summed E-state index contributed by atoms with van der Waals surface area (Å²) in [7, 11) is -3.40. The van der Waals surface area contributed by atoms with Crippen molar-refractivity contribution >= 4 is 21.4 Å². The summed E-state index contributed by atoms with van der Waals surface area (Å²) in [6, 6.07) is 14.3. The largest absolute Gasteiger partial charge is 0.268 e. The number of benzene rings is 1. The first-order valence-electron chi connectivity index (χ1n) is 8.59. The molecule has 0 amide bonds. The van der Waals surface area contributed by atoms with Gasteiger partial charge in [0.25, 0.3) is 5.56 Å². The lowest BCUT2D eigenvalue weighted by molar-refractivity contribution is 0.185. The van der Waals surface area contributed by atoms with E-state index >= 15 is 0 Å². The van der Waals surface area contributed by atoms with Crippen LogP contribution in [0.5, 0.6) is 0 Å². The van der Waals surface area contributed by atoms with Crippen molar-refractivity contribution in [2.24, 2.45) is 0 Å². The van der Waals surface area contributed by atoms with Gasteiger partial charge in [-0.05, 0) is 30.0 Å². The topological polar surface area (TPSA) is 72.3 Å². The average Bonchev–Trinajstić information content (AvgIpc) is 3.11. The molecule has 6 nitrogen and oxygen atoms in total. The maximum atomic E-state index is 12.6. The van der Waals surface area contributed by atoms with Crippen molar-refractivity contribution in [3.05, 3.63) is 75.4 Å². The van der Waals surface area contributed by atoms with E-state index in [0.717, 1.165) is 21.7 Å². The van der Waals surface area contributed by atoms with E-state index in [9.17, 15) is 13.2 Å². The van der Waals surface area contributed by atoms with Gasteiger partial charge >= 0.3 is 0 Å². The summed E-state index contributed by atoms with van der Waals surface area (Å²) < 4.78 is 28.0. The third-order valence-electron chi connectivity index (χ3n) is 4.64. The lowest BCUT2D eigenvalue weighted by atomic mass is 10.2. The average molecular weight is 402 g/mol. The Morgan fingerprint density at radius 1 is 1.11 bits per heavy atom. The molecule has 0 spiro atoms. The predicted molar refractivity (Wildman–Crippen MR) is 106 cm³/mol. The molecule has 27 heavy (non-hydrogen) atoms. The van der Waals surface area contributed by atoms with Gasteiger partial charge < -0.3 is 0 Å². The highest BCUT2D eigenvalue weighted by Crippen LogP contribution is 2.26. The Labute approximate surface area is 161 Å². The van der Waals surface area contributed by atoms with Crippen molar-refractivity contribution in [1.29, 1.82) is 0 Å². The zero-order chi connectivity index (χ0) is 19.0. The second kappa shape index (κ2) is 7.03. The molecular weight excluding hydrogens is 382 g/mol. The smallest absolute Gasteiger partial charge is 0.267 e. The zero-order valence-electron chi connectivity index (χ0n) is 14.8. The SMILES string of the molecule is Cc1ccc(CS(=O)(=O)N2CC(n3nc(-c4cccs4)ccc3=O)C2)cc1. The molecule has 1 saturated heterocycles. The molecule has 2 aromatic heterocycles. The van der Waals surface area contributed by atoms with Crippen LogP contribution in [0.2, 0.25) is 0 Å². The van der Waals surface area contributed by atoms with Gasteiger partial charge in [-0.1, -0.05) is 35.9 Å². The van der Waals surface area contributed by atoms with Gasteiger partial charge in [0, 0.05) is 19.2 Å². The number of rotatable bonds is 5. The van der Waals surface area contributed by atoms with Crippen molar-refractivity contribution in [1.82, 2.24) is 14.1 Å². The third-order valence-corrected chi connectivity index (χ3v) is 7.31. The van der Waals surface area contributed by atoms with Crippen LogP contribution < -0.4 is 5.56 Å². The van der Waals surface area contributed by atoms with E-state index in [-0.39, 0.29) is 30.4 Å². The standard InChI is InChI=1S/C19H19N3O3S2/c1-14-4-6-15(7-5-14)13-27(24,25)21-11-16(12-21)22-19(23)9-8-17(20-22)18-3-2-10-26-18/h2-10,16H,11-13H2,1H3. The van der Waals surface area contributed by atoms with Crippen molar-refractivity contribution in [3.8, 4) is 10.6 Å². The van der Waals surface area contributed by atoms with Gasteiger partial charge in [-0.25, -0.2) is 13.1 Å². The molecule has 0 atom stereocenters. The van der Waals surface area contributed by atoms with E-state index in [2.05, 4.69) is 5.10 Å². The molecule has 0 N–H and O–H groups in total. The van der Waals surface area contributed by atoms with Gasteiger partial charge in [0.2, 0.25) is 10.0 Å². The summed E-state index contributed by atoms with van der Waals surface area (Å²) in [4.78, 5) is 13.2. The minimum Gasteiger partial charge on any atom is -0.268 e. The van der Waals surface area contributed by atoms with Crippen LogP contribution in [0, 0.1) is 6.92 Å². The number of nitrogens with zero attached hydrogens (tertiary/aromatic N) is 3. The summed E-state index contributed by atoms with van der Waals surface area (Å²) in [5, 5.41) is 6.39. The summed E-state index contributed by atoms with van der Waals surface area (Å²) >= 11 is 1.55. The molecule has 8 heteroatoms. The van der Waals surface area contributed by atoms with E-state index in [1.165, 1.54) is 15.1 Å². The molecule has 0 saturated carbocycles. The highest BCUT2D eigenvalue weighted by Gasteiger charge is 2.37. The van der Waals surface area contributed by atoms with Crippen molar-refractivity contribution in [3.63, 3.8) is 0 Å². The molecule has 3 aromatic rings. The van der Waals surface area contributed by atoms with Crippen LogP contribution in [0.15, 0.2) is 58.7 Å². The number of aromatic nitrogens is 2. The molecule has 0 bridgehead atoms. The summed E-state index contributed by atoms with van der Waals surface area (Å²) in [6.07, 6.45) is 0. The number of sulfonamides is 1. The van der Waals surface area contributed by atoms with Crippen LogP contribution in [0.1, 0.15) is 17.2 Å². The molecule has 4 rings (SSSR count). The van der Waals surface area contributed by atoms with Crippen molar-refractivity contribution < 1.29 is 8.42 Å². The first-order chi connectivity index (χ1) is 12.9. The maximum Gasteiger partial charge on any atom is 0.267 e. The first kappa shape index (κ1) is 18.1. The molecule has 3 heterocycles. The fourth-order valence-electron chi connectivity index (χ4n) is 3.03. The summed E-state index contributed by atoms with van der Waals surface area (Å²) in [5.74, 6) is -0.0302. The maximum absolute atomic E-state index is 12.6. The van der Waals surface area contributed by atoms with Gasteiger partial charge in [0.05, 0.1) is 16.7 Å². The first-order valence-corrected chi connectivity index (χ1v) is 11.1. The molecule has 0 unspecified atom stereocenters. The van der Waals surface area contributed by atoms with Crippen molar-refractivity contribution in [2.75, 3.05) is 13.1 Å². The van der Waals surface area contributed by atoms with Crippen molar-refractivity contribution in [2.45, 2.75) is 18.7 Å². The predicted octanol–water partition coefficient (Wildman–Crippen LogP) is 2.67. The summed E-state index contributed by atoms with van der Waals surface area (Å²) in [6.45, 7) is 2.51. The molecule has 1 aliphatic heterocycles. The molecule has 0 radical (unpaired) electrons. The van der Waals surface area contributed by atoms with E-state index in [4.69, 9.17) is 0 Å². The van der Waals surface area contributed by atoms with E-state index in [1.54, 1.807) is 17.4 Å². The second-order valence-electron chi connectivity index (χ2n) is 6.69. The Kier molecular flexibility index (Phi) is 4.71. The fraction of sp³-hybridized carbons (Fsp3) is 0.263. The number of thiophene rings is 1. The van der Waals surface area contributed by atoms with Crippen LogP contribution in [0.25, 0.3) is 10.6 Å². The van der Waals surface area contributed by atoms with E-state index in [1.807, 2.05) is 48.7 Å². The van der Waals surface area contributed by atoms with Gasteiger partial charge in [-0.2, -0.15) is 9.40 Å². The Hall–Kier alpha value is -2.29. The molecule has 140 valence electrons. The quantitative estimate of drug-likeness (QED) is 0.659. The van der Waals surface area contributed by atoms with Crippen LogP contribution >= 0.6 is 11.3 Å². The lowest BCUT2D eigenvalue weighted by Gasteiger charge is -2.38. The Morgan fingerprint density at radius 3 is 2.52 bits per heavy atom. The van der Waals surface area contributed by atoms with E-state index < -0.39 is 10.0 Å². The van der Waals surface area contributed by atoms with Gasteiger partial charge in [-0.3, -0.25) is 4.79 Å². The molecular formula is C19H19N3O3S2. The monoisotopic (exact) mass is 401 g/mol. The Morgan fingerprint density at radius 2 is 1.85 bits per heavy atom. The minimum atomic E-state index is -3.40. The lowest BCUT2D eigenvalue weighted by Crippen LogP contribution is -2.53. The Balaban J connectivity index is 1.48. The van der Waals surface area contributed by atoms with E-state index in [0.29, 0.717) is 0 Å². The highest BCUT2D eigenvalue weighted by atomic mass is 32.2. The van der Waals surface area contributed by atoms with Gasteiger partial charge in [0.15, 0.2) is 0 Å². The van der Waals surface area contributed by atoms with Gasteiger partial charge in [0.1, 0.15) is 5.69 Å². The van der Waals surface area contributed by atoms with Crippen LogP contribution in [0.4, 0.5) is 0 Å². The number of hydrogen-bond acceptors (Lipinski definition) is 5. The highest BCUT2D eigenvalue weighted by molar-refractivity contribution is 7.88. The molecule has 0 aliphatic carbocycles. The van der Waals surface area contributed by atoms with Crippen LogP contribution in [-0.4, -0.2) is 35.6 Å².